The maximum Gasteiger partial charge on any atom is 0.338 e. The zero-order valence-electron chi connectivity index (χ0n) is 16.2. The molecule has 5 rings (SSSR count). The van der Waals surface area contributed by atoms with Crippen LogP contribution in [0.5, 0.6) is 0 Å². The van der Waals surface area contributed by atoms with Crippen LogP contribution in [0.4, 0.5) is 0 Å². The predicted molar refractivity (Wildman–Crippen MR) is 110 cm³/mol. The van der Waals surface area contributed by atoms with E-state index in [2.05, 4.69) is 9.97 Å². The molecule has 0 fully saturated rings. The third-order valence-electron chi connectivity index (χ3n) is 5.55. The molecule has 1 N–H and O–H groups in total. The Morgan fingerprint density at radius 1 is 1.17 bits per heavy atom. The third kappa shape index (κ3) is 3.20. The number of rotatable bonds is 3. The number of aryl methyl sites for hydroxylation is 3. The molecule has 0 unspecified atom stereocenters. The summed E-state index contributed by atoms with van der Waals surface area (Å²) >= 11 is 0. The van der Waals surface area contributed by atoms with Crippen LogP contribution in [0.25, 0.3) is 16.6 Å². The van der Waals surface area contributed by atoms with Crippen molar-refractivity contribution in [3.63, 3.8) is 0 Å². The average Bonchev–Trinajstić information content (AvgIpc) is 3.10. The van der Waals surface area contributed by atoms with Gasteiger partial charge in [0.1, 0.15) is 12.3 Å². The summed E-state index contributed by atoms with van der Waals surface area (Å²) in [6.07, 6.45) is 6.22. The Kier molecular flexibility index (Phi) is 4.19. The maximum atomic E-state index is 12.6. The van der Waals surface area contributed by atoms with Crippen LogP contribution in [0, 0.1) is 6.92 Å². The van der Waals surface area contributed by atoms with Crippen LogP contribution in [0.15, 0.2) is 47.4 Å². The molecule has 3 aromatic heterocycles. The fourth-order valence-electron chi connectivity index (χ4n) is 4.09. The van der Waals surface area contributed by atoms with E-state index in [0.717, 1.165) is 29.3 Å². The van der Waals surface area contributed by atoms with Crippen molar-refractivity contribution in [3.8, 4) is 0 Å². The number of fused-ring (bicyclic) bond motifs is 4. The summed E-state index contributed by atoms with van der Waals surface area (Å²) in [4.78, 5) is 32.8. The molecule has 1 aliphatic carbocycles. The van der Waals surface area contributed by atoms with Crippen molar-refractivity contribution in [1.82, 2.24) is 14.4 Å². The number of ether oxygens (including phenoxy) is 1. The topological polar surface area (TPSA) is 76.5 Å². The molecular weight excluding hydrogens is 366 g/mol. The summed E-state index contributed by atoms with van der Waals surface area (Å²) in [7, 11) is 0. The maximum absolute atomic E-state index is 12.6. The van der Waals surface area contributed by atoms with Crippen molar-refractivity contribution >= 4 is 22.5 Å². The molecule has 6 heteroatoms. The monoisotopic (exact) mass is 387 g/mol. The lowest BCUT2D eigenvalue weighted by Crippen LogP contribution is -2.17. The predicted octanol–water partition coefficient (Wildman–Crippen LogP) is 3.72. The van der Waals surface area contributed by atoms with Gasteiger partial charge in [0.15, 0.2) is 0 Å². The molecule has 29 heavy (non-hydrogen) atoms. The minimum absolute atomic E-state index is 0.0399. The number of esters is 1. The molecule has 146 valence electrons. The Bertz CT molecular complexity index is 1320. The van der Waals surface area contributed by atoms with Crippen LogP contribution in [-0.2, 0) is 24.2 Å². The van der Waals surface area contributed by atoms with E-state index in [-0.39, 0.29) is 12.2 Å². The molecule has 1 aromatic carbocycles. The van der Waals surface area contributed by atoms with Crippen molar-refractivity contribution in [3.05, 3.63) is 81.0 Å². The van der Waals surface area contributed by atoms with E-state index in [9.17, 15) is 9.59 Å². The van der Waals surface area contributed by atoms with Gasteiger partial charge in [0.25, 0.3) is 5.56 Å². The number of H-pyrrole nitrogens is 1. The smallest absolute Gasteiger partial charge is 0.338 e. The number of nitrogens with zero attached hydrogens (tertiary/aromatic N) is 2. The van der Waals surface area contributed by atoms with Crippen LogP contribution >= 0.6 is 0 Å². The number of aromatic amines is 1. The number of benzene rings is 1. The minimum atomic E-state index is -0.413. The van der Waals surface area contributed by atoms with Gasteiger partial charge in [0, 0.05) is 28.9 Å². The second kappa shape index (κ2) is 6.88. The molecule has 4 aromatic rings. The second-order valence-corrected chi connectivity index (χ2v) is 7.65. The molecule has 1 aliphatic rings. The Morgan fingerprint density at radius 3 is 2.93 bits per heavy atom. The fraction of sp³-hybridized carbons (Fsp3) is 0.261. The molecular formula is C23H21N3O3. The Balaban J connectivity index is 1.38. The Morgan fingerprint density at radius 2 is 2.03 bits per heavy atom. The number of aromatic nitrogens is 3. The molecule has 3 heterocycles. The minimum Gasteiger partial charge on any atom is -0.456 e. The number of nitrogens with one attached hydrogen (secondary N) is 1. The molecule has 0 bridgehead atoms. The van der Waals surface area contributed by atoms with E-state index in [0.29, 0.717) is 16.9 Å². The lowest BCUT2D eigenvalue weighted by molar-refractivity contribution is 0.0468. The summed E-state index contributed by atoms with van der Waals surface area (Å²) in [6.45, 7) is 1.88. The summed E-state index contributed by atoms with van der Waals surface area (Å²) in [5.41, 5.74) is 5.94. The van der Waals surface area contributed by atoms with Crippen molar-refractivity contribution in [2.24, 2.45) is 0 Å². The number of hydrogen-bond donors (Lipinski definition) is 1. The number of hydrogen-bond acceptors (Lipinski definition) is 4. The van der Waals surface area contributed by atoms with Gasteiger partial charge in [-0.2, -0.15) is 0 Å². The summed E-state index contributed by atoms with van der Waals surface area (Å²) < 4.78 is 6.94. The lowest BCUT2D eigenvalue weighted by atomic mass is 9.95. The SMILES string of the molecule is Cc1ccc2nc(COC(=O)c3ccc4[nH]c5c(c4c3)CCCC5)cc(=O)n2c1. The highest BCUT2D eigenvalue weighted by Gasteiger charge is 2.17. The van der Waals surface area contributed by atoms with Crippen molar-refractivity contribution in [2.45, 2.75) is 39.2 Å². The first-order valence-electron chi connectivity index (χ1n) is 9.88. The largest absolute Gasteiger partial charge is 0.456 e. The Labute approximate surface area is 167 Å². The second-order valence-electron chi connectivity index (χ2n) is 7.65. The zero-order valence-corrected chi connectivity index (χ0v) is 16.2. The van der Waals surface area contributed by atoms with Gasteiger partial charge >= 0.3 is 5.97 Å². The molecule has 0 saturated heterocycles. The van der Waals surface area contributed by atoms with Gasteiger partial charge in [-0.3, -0.25) is 9.20 Å². The van der Waals surface area contributed by atoms with E-state index in [1.165, 1.54) is 34.6 Å². The Hall–Kier alpha value is -3.41. The first-order valence-corrected chi connectivity index (χ1v) is 9.88. The number of carbonyl (C=O) groups excluding carboxylic acids is 1. The fourth-order valence-corrected chi connectivity index (χ4v) is 4.09. The lowest BCUT2D eigenvalue weighted by Gasteiger charge is -2.10. The zero-order chi connectivity index (χ0) is 20.0. The van der Waals surface area contributed by atoms with Crippen molar-refractivity contribution in [1.29, 1.82) is 0 Å². The normalized spacial score (nSPS) is 13.6. The molecule has 0 aliphatic heterocycles. The summed E-state index contributed by atoms with van der Waals surface area (Å²) in [6, 6.07) is 10.7. The van der Waals surface area contributed by atoms with Gasteiger partial charge in [0.05, 0.1) is 11.3 Å². The standard InChI is InChI=1S/C23H21N3O3/c1-14-6-9-21-24-16(11-22(27)26(21)12-14)13-29-23(28)15-7-8-20-18(10-15)17-4-2-3-5-19(17)25-20/h6-12,25H,2-5,13H2,1H3. The van der Waals surface area contributed by atoms with Crippen molar-refractivity contribution < 1.29 is 9.53 Å². The van der Waals surface area contributed by atoms with E-state index < -0.39 is 5.97 Å². The van der Waals surface area contributed by atoms with E-state index in [1.54, 1.807) is 18.3 Å². The van der Waals surface area contributed by atoms with Gasteiger partial charge in [-0.15, -0.1) is 0 Å². The van der Waals surface area contributed by atoms with Crippen LogP contribution in [0.3, 0.4) is 0 Å². The molecule has 0 atom stereocenters. The first-order chi connectivity index (χ1) is 14.1. The number of carbonyl (C=O) groups is 1. The average molecular weight is 387 g/mol. The summed E-state index contributed by atoms with van der Waals surface area (Å²) in [5.74, 6) is -0.413. The first kappa shape index (κ1) is 17.7. The van der Waals surface area contributed by atoms with Gasteiger partial charge in [-0.1, -0.05) is 6.07 Å². The van der Waals surface area contributed by atoms with Gasteiger partial charge in [0.2, 0.25) is 0 Å². The molecule has 0 spiro atoms. The molecule has 0 radical (unpaired) electrons. The third-order valence-corrected chi connectivity index (χ3v) is 5.55. The van der Waals surface area contributed by atoms with Gasteiger partial charge < -0.3 is 9.72 Å². The molecule has 0 amide bonds. The van der Waals surface area contributed by atoms with Crippen LogP contribution < -0.4 is 5.56 Å². The van der Waals surface area contributed by atoms with Crippen LogP contribution in [0.2, 0.25) is 0 Å². The highest BCUT2D eigenvalue weighted by Crippen LogP contribution is 2.29. The van der Waals surface area contributed by atoms with Gasteiger partial charge in [-0.05, 0) is 68.0 Å². The number of pyridine rings is 1. The summed E-state index contributed by atoms with van der Waals surface area (Å²) in [5, 5.41) is 1.10. The van der Waals surface area contributed by atoms with E-state index >= 15 is 0 Å². The highest BCUT2D eigenvalue weighted by molar-refractivity contribution is 5.96. The molecule has 0 saturated carbocycles. The molecule has 6 nitrogen and oxygen atoms in total. The van der Waals surface area contributed by atoms with Gasteiger partial charge in [-0.25, -0.2) is 9.78 Å². The van der Waals surface area contributed by atoms with E-state index in [4.69, 9.17) is 4.74 Å². The van der Waals surface area contributed by atoms with E-state index in [1.807, 2.05) is 25.1 Å². The van der Waals surface area contributed by atoms with Crippen LogP contribution in [-0.4, -0.2) is 20.3 Å². The quantitative estimate of drug-likeness (QED) is 0.544. The van der Waals surface area contributed by atoms with Crippen LogP contribution in [0.1, 0.15) is 45.7 Å². The van der Waals surface area contributed by atoms with Crippen molar-refractivity contribution in [2.75, 3.05) is 0 Å². The highest BCUT2D eigenvalue weighted by atomic mass is 16.5.